The van der Waals surface area contributed by atoms with Crippen molar-refractivity contribution in [3.63, 3.8) is 0 Å². The van der Waals surface area contributed by atoms with Crippen LogP contribution >= 0.6 is 15.9 Å². The van der Waals surface area contributed by atoms with Crippen LogP contribution < -0.4 is 0 Å². The molecule has 3 rings (SSSR count). The summed E-state index contributed by atoms with van der Waals surface area (Å²) < 4.78 is 2.93. The van der Waals surface area contributed by atoms with Crippen LogP contribution in [-0.4, -0.2) is 14.4 Å². The lowest BCUT2D eigenvalue weighted by Gasteiger charge is -2.02. The van der Waals surface area contributed by atoms with Gasteiger partial charge in [0.25, 0.3) is 0 Å². The summed E-state index contributed by atoms with van der Waals surface area (Å²) in [6.45, 7) is 2.12. The standard InChI is InChI=1S/C15H14BrN3/c1-11-3-2-4-12(9-11)5-6-14-18-15(16)13-7-8-17-10-19(13)14/h2-4,7-10H,5-6H2,1H3. The van der Waals surface area contributed by atoms with Crippen molar-refractivity contribution >= 4 is 21.4 Å². The van der Waals surface area contributed by atoms with E-state index in [0.29, 0.717) is 0 Å². The molecule has 19 heavy (non-hydrogen) atoms. The largest absolute Gasteiger partial charge is 0.286 e. The van der Waals surface area contributed by atoms with E-state index in [1.165, 1.54) is 11.1 Å². The highest BCUT2D eigenvalue weighted by Gasteiger charge is 2.08. The molecule has 0 aliphatic heterocycles. The monoisotopic (exact) mass is 315 g/mol. The predicted molar refractivity (Wildman–Crippen MR) is 79.3 cm³/mol. The van der Waals surface area contributed by atoms with Gasteiger partial charge in [0.2, 0.25) is 0 Å². The summed E-state index contributed by atoms with van der Waals surface area (Å²) in [4.78, 5) is 8.72. The van der Waals surface area contributed by atoms with Crippen LogP contribution in [0.2, 0.25) is 0 Å². The molecule has 2 aromatic heterocycles. The van der Waals surface area contributed by atoms with E-state index in [1.807, 2.05) is 16.8 Å². The van der Waals surface area contributed by atoms with Crippen LogP contribution in [0, 0.1) is 6.92 Å². The predicted octanol–water partition coefficient (Wildman–Crippen LogP) is 3.59. The summed E-state index contributed by atoms with van der Waals surface area (Å²) >= 11 is 3.50. The number of hydrogen-bond donors (Lipinski definition) is 0. The number of imidazole rings is 1. The van der Waals surface area contributed by atoms with Crippen LogP contribution in [0.1, 0.15) is 17.0 Å². The second-order valence-electron chi connectivity index (χ2n) is 4.64. The smallest absolute Gasteiger partial charge is 0.132 e. The number of hydrogen-bond acceptors (Lipinski definition) is 2. The van der Waals surface area contributed by atoms with Gasteiger partial charge in [-0.3, -0.25) is 4.40 Å². The molecule has 1 aromatic carbocycles. The SMILES string of the molecule is Cc1cccc(CCc2nc(Br)c3ccncn23)c1. The molecule has 0 N–H and O–H groups in total. The van der Waals surface area contributed by atoms with Crippen LogP contribution in [0.3, 0.4) is 0 Å². The Bertz CT molecular complexity index is 718. The van der Waals surface area contributed by atoms with Crippen molar-refractivity contribution in [2.45, 2.75) is 19.8 Å². The number of benzene rings is 1. The van der Waals surface area contributed by atoms with Crippen molar-refractivity contribution in [3.8, 4) is 0 Å². The van der Waals surface area contributed by atoms with Crippen molar-refractivity contribution < 1.29 is 0 Å². The van der Waals surface area contributed by atoms with E-state index in [1.54, 1.807) is 6.20 Å². The Morgan fingerprint density at radius 3 is 2.95 bits per heavy atom. The first-order valence-corrected chi connectivity index (χ1v) is 7.05. The Balaban J connectivity index is 1.86. The fourth-order valence-corrected chi connectivity index (χ4v) is 2.79. The molecule has 0 unspecified atom stereocenters. The Hall–Kier alpha value is -1.68. The molecule has 0 atom stereocenters. The highest BCUT2D eigenvalue weighted by atomic mass is 79.9. The summed E-state index contributed by atoms with van der Waals surface area (Å²) in [5.41, 5.74) is 3.71. The molecule has 3 aromatic rings. The third-order valence-corrected chi connectivity index (χ3v) is 3.78. The Labute approximate surface area is 120 Å². The zero-order valence-corrected chi connectivity index (χ0v) is 12.3. The first-order chi connectivity index (χ1) is 9.24. The number of aromatic nitrogens is 3. The molecular formula is C15H14BrN3. The third kappa shape index (κ3) is 2.54. The Morgan fingerprint density at radius 2 is 2.11 bits per heavy atom. The van der Waals surface area contributed by atoms with E-state index in [-0.39, 0.29) is 0 Å². The highest BCUT2D eigenvalue weighted by Crippen LogP contribution is 2.19. The maximum absolute atomic E-state index is 4.57. The Morgan fingerprint density at radius 1 is 1.21 bits per heavy atom. The van der Waals surface area contributed by atoms with Crippen LogP contribution in [-0.2, 0) is 12.8 Å². The number of rotatable bonds is 3. The molecule has 0 saturated carbocycles. The number of nitrogens with zero attached hydrogens (tertiary/aromatic N) is 3. The van der Waals surface area contributed by atoms with Gasteiger partial charge < -0.3 is 0 Å². The van der Waals surface area contributed by atoms with Gasteiger partial charge in [0, 0.05) is 12.6 Å². The average Bonchev–Trinajstić information content (AvgIpc) is 2.74. The minimum Gasteiger partial charge on any atom is -0.286 e. The van der Waals surface area contributed by atoms with E-state index in [0.717, 1.165) is 28.8 Å². The summed E-state index contributed by atoms with van der Waals surface area (Å²) in [6.07, 6.45) is 5.49. The molecule has 0 aliphatic rings. The second kappa shape index (κ2) is 5.13. The molecule has 0 fully saturated rings. The lowest BCUT2D eigenvalue weighted by Crippen LogP contribution is -1.98. The molecule has 2 heterocycles. The first-order valence-electron chi connectivity index (χ1n) is 6.26. The fraction of sp³-hybridized carbons (Fsp3) is 0.200. The number of aryl methyl sites for hydroxylation is 3. The zero-order chi connectivity index (χ0) is 13.2. The van der Waals surface area contributed by atoms with E-state index in [4.69, 9.17) is 0 Å². The average molecular weight is 316 g/mol. The molecule has 0 amide bonds. The Kier molecular flexibility index (Phi) is 3.34. The highest BCUT2D eigenvalue weighted by molar-refractivity contribution is 9.10. The van der Waals surface area contributed by atoms with Gasteiger partial charge in [-0.2, -0.15) is 0 Å². The maximum atomic E-state index is 4.57. The summed E-state index contributed by atoms with van der Waals surface area (Å²) in [5, 5.41) is 0. The van der Waals surface area contributed by atoms with E-state index in [2.05, 4.69) is 57.1 Å². The van der Waals surface area contributed by atoms with Gasteiger partial charge >= 0.3 is 0 Å². The van der Waals surface area contributed by atoms with Gasteiger partial charge in [-0.05, 0) is 40.9 Å². The van der Waals surface area contributed by atoms with Crippen molar-refractivity contribution in [3.05, 3.63) is 64.4 Å². The van der Waals surface area contributed by atoms with E-state index < -0.39 is 0 Å². The van der Waals surface area contributed by atoms with Crippen LogP contribution in [0.4, 0.5) is 0 Å². The van der Waals surface area contributed by atoms with Crippen molar-refractivity contribution in [1.82, 2.24) is 14.4 Å². The molecule has 0 spiro atoms. The zero-order valence-electron chi connectivity index (χ0n) is 10.7. The van der Waals surface area contributed by atoms with Crippen LogP contribution in [0.5, 0.6) is 0 Å². The van der Waals surface area contributed by atoms with Crippen molar-refractivity contribution in [2.24, 2.45) is 0 Å². The van der Waals surface area contributed by atoms with Crippen molar-refractivity contribution in [2.75, 3.05) is 0 Å². The van der Waals surface area contributed by atoms with Gasteiger partial charge in [-0.1, -0.05) is 29.8 Å². The van der Waals surface area contributed by atoms with Crippen LogP contribution in [0.15, 0.2) is 47.5 Å². The van der Waals surface area contributed by atoms with E-state index >= 15 is 0 Å². The molecule has 0 aliphatic carbocycles. The second-order valence-corrected chi connectivity index (χ2v) is 5.39. The lowest BCUT2D eigenvalue weighted by molar-refractivity contribution is 0.842. The summed E-state index contributed by atoms with van der Waals surface area (Å²) in [7, 11) is 0. The maximum Gasteiger partial charge on any atom is 0.132 e. The van der Waals surface area contributed by atoms with Gasteiger partial charge in [0.15, 0.2) is 0 Å². The number of fused-ring (bicyclic) bond motifs is 1. The van der Waals surface area contributed by atoms with Crippen LogP contribution in [0.25, 0.3) is 5.52 Å². The minimum absolute atomic E-state index is 0.883. The molecule has 0 saturated heterocycles. The molecule has 96 valence electrons. The van der Waals surface area contributed by atoms with E-state index in [9.17, 15) is 0 Å². The normalized spacial score (nSPS) is 11.1. The number of halogens is 1. The third-order valence-electron chi connectivity index (χ3n) is 3.20. The van der Waals surface area contributed by atoms with Gasteiger partial charge in [0.05, 0.1) is 5.52 Å². The minimum atomic E-state index is 0.883. The summed E-state index contributed by atoms with van der Waals surface area (Å²) in [6, 6.07) is 10.6. The van der Waals surface area contributed by atoms with Gasteiger partial charge in [-0.25, -0.2) is 9.97 Å². The van der Waals surface area contributed by atoms with Crippen molar-refractivity contribution in [1.29, 1.82) is 0 Å². The molecule has 0 bridgehead atoms. The van der Waals surface area contributed by atoms with Gasteiger partial charge in [-0.15, -0.1) is 0 Å². The fourth-order valence-electron chi connectivity index (χ4n) is 2.26. The molecule has 4 heteroatoms. The lowest BCUT2D eigenvalue weighted by atomic mass is 10.1. The molecule has 0 radical (unpaired) electrons. The summed E-state index contributed by atoms with van der Waals surface area (Å²) in [5.74, 6) is 1.04. The first kappa shape index (κ1) is 12.4. The molecular weight excluding hydrogens is 302 g/mol. The topological polar surface area (TPSA) is 30.2 Å². The quantitative estimate of drug-likeness (QED) is 0.739. The molecule has 3 nitrogen and oxygen atoms in total. The van der Waals surface area contributed by atoms with Gasteiger partial charge in [0.1, 0.15) is 16.8 Å².